The minimum atomic E-state index is -0.0876. The molecule has 0 saturated heterocycles. The second-order valence-corrected chi connectivity index (χ2v) is 7.07. The summed E-state index contributed by atoms with van der Waals surface area (Å²) in [7, 11) is 0. The van der Waals surface area contributed by atoms with E-state index in [0.29, 0.717) is 12.5 Å². The summed E-state index contributed by atoms with van der Waals surface area (Å²) >= 11 is 0. The summed E-state index contributed by atoms with van der Waals surface area (Å²) in [5.41, 5.74) is 1.60. The topological polar surface area (TPSA) is 37.4 Å². The van der Waals surface area contributed by atoms with Crippen LogP contribution in [0.2, 0.25) is 0 Å². The van der Waals surface area contributed by atoms with Crippen molar-refractivity contribution >= 4 is 11.8 Å². The molecule has 19 heavy (non-hydrogen) atoms. The predicted octanol–water partition coefficient (Wildman–Crippen LogP) is 2.68. The number of amides is 2. The van der Waals surface area contributed by atoms with Gasteiger partial charge in [-0.3, -0.25) is 14.5 Å². The van der Waals surface area contributed by atoms with Crippen LogP contribution in [0.15, 0.2) is 23.8 Å². The second-order valence-electron chi connectivity index (χ2n) is 7.07. The van der Waals surface area contributed by atoms with Crippen molar-refractivity contribution in [1.29, 1.82) is 0 Å². The Balaban J connectivity index is 2.11. The van der Waals surface area contributed by atoms with Gasteiger partial charge in [-0.15, -0.1) is 6.58 Å². The highest BCUT2D eigenvalue weighted by atomic mass is 16.2. The van der Waals surface area contributed by atoms with Gasteiger partial charge in [0.2, 0.25) is 0 Å². The van der Waals surface area contributed by atoms with E-state index in [1.54, 1.807) is 6.08 Å². The maximum atomic E-state index is 12.6. The molecule has 1 heterocycles. The lowest BCUT2D eigenvalue weighted by molar-refractivity contribution is -0.138. The Morgan fingerprint density at radius 1 is 1.37 bits per heavy atom. The molecular formula is C16H21NO2. The molecule has 0 spiro atoms. The van der Waals surface area contributed by atoms with Gasteiger partial charge in [-0.25, -0.2) is 0 Å². The molecule has 0 aromatic rings. The second kappa shape index (κ2) is 3.59. The van der Waals surface area contributed by atoms with Gasteiger partial charge in [0.1, 0.15) is 0 Å². The standard InChI is InChI=1S/C16H21NO2/c1-5-8-17-13(18)11-10-6-7-16(9-10,15(2,3)4)12(11)14(17)19/h5,10H,1,6-9H2,2-4H3. The van der Waals surface area contributed by atoms with Gasteiger partial charge in [0, 0.05) is 23.1 Å². The Labute approximate surface area is 114 Å². The molecule has 0 aromatic heterocycles. The Morgan fingerprint density at radius 3 is 2.63 bits per heavy atom. The molecule has 3 nitrogen and oxygen atoms in total. The number of imide groups is 1. The molecule has 2 unspecified atom stereocenters. The van der Waals surface area contributed by atoms with Crippen molar-refractivity contribution in [2.45, 2.75) is 40.0 Å². The van der Waals surface area contributed by atoms with Crippen LogP contribution < -0.4 is 0 Å². The Bertz CT molecular complexity index is 523. The number of nitrogens with zero attached hydrogens (tertiary/aromatic N) is 1. The van der Waals surface area contributed by atoms with Gasteiger partial charge in [-0.2, -0.15) is 0 Å². The minimum absolute atomic E-state index is 0.0267. The van der Waals surface area contributed by atoms with Crippen LogP contribution in [0.25, 0.3) is 0 Å². The highest BCUT2D eigenvalue weighted by molar-refractivity contribution is 6.21. The normalized spacial score (nSPS) is 33.4. The molecule has 1 saturated carbocycles. The molecule has 102 valence electrons. The van der Waals surface area contributed by atoms with Crippen LogP contribution in [0, 0.1) is 16.7 Å². The van der Waals surface area contributed by atoms with Gasteiger partial charge < -0.3 is 0 Å². The lowest BCUT2D eigenvalue weighted by atomic mass is 9.62. The summed E-state index contributed by atoms with van der Waals surface area (Å²) in [5.74, 6) is 0.188. The highest BCUT2D eigenvalue weighted by Gasteiger charge is 2.63. The number of fused-ring (bicyclic) bond motifs is 4. The zero-order valence-electron chi connectivity index (χ0n) is 12.0. The number of hydrogen-bond acceptors (Lipinski definition) is 2. The molecule has 3 rings (SSSR count). The van der Waals surface area contributed by atoms with Crippen LogP contribution >= 0.6 is 0 Å². The largest absolute Gasteiger partial charge is 0.271 e. The van der Waals surface area contributed by atoms with Gasteiger partial charge in [0.15, 0.2) is 0 Å². The fourth-order valence-electron chi connectivity index (χ4n) is 4.31. The molecule has 2 aliphatic carbocycles. The number of likely N-dealkylation sites (tertiary alicyclic amines) is 1. The zero-order chi connectivity index (χ0) is 14.0. The Kier molecular flexibility index (Phi) is 2.39. The summed E-state index contributed by atoms with van der Waals surface area (Å²) in [6, 6.07) is 0. The van der Waals surface area contributed by atoms with Crippen LogP contribution in [0.5, 0.6) is 0 Å². The predicted molar refractivity (Wildman–Crippen MR) is 73.2 cm³/mol. The van der Waals surface area contributed by atoms with Crippen molar-refractivity contribution in [1.82, 2.24) is 4.90 Å². The molecule has 2 amide bonds. The van der Waals surface area contributed by atoms with E-state index in [2.05, 4.69) is 27.4 Å². The third-order valence-corrected chi connectivity index (χ3v) is 5.35. The SMILES string of the molecule is C=CCN1C(=O)C2=C(C1=O)C1(C(C)(C)C)CCC2C1. The van der Waals surface area contributed by atoms with E-state index >= 15 is 0 Å². The summed E-state index contributed by atoms with van der Waals surface area (Å²) < 4.78 is 0. The molecular weight excluding hydrogens is 238 g/mol. The molecule has 1 aliphatic heterocycles. The first-order chi connectivity index (χ1) is 8.83. The van der Waals surface area contributed by atoms with Crippen LogP contribution in [-0.2, 0) is 9.59 Å². The van der Waals surface area contributed by atoms with Crippen LogP contribution in [0.4, 0.5) is 0 Å². The third-order valence-electron chi connectivity index (χ3n) is 5.35. The van der Waals surface area contributed by atoms with E-state index in [1.807, 2.05) is 0 Å². The quantitative estimate of drug-likeness (QED) is 0.565. The molecule has 3 heteroatoms. The van der Waals surface area contributed by atoms with E-state index in [9.17, 15) is 9.59 Å². The molecule has 2 atom stereocenters. The summed E-state index contributed by atoms with van der Waals surface area (Å²) in [5, 5.41) is 0. The maximum absolute atomic E-state index is 12.6. The maximum Gasteiger partial charge on any atom is 0.258 e. The van der Waals surface area contributed by atoms with Crippen molar-refractivity contribution in [3.05, 3.63) is 23.8 Å². The van der Waals surface area contributed by atoms with E-state index in [1.165, 1.54) is 4.90 Å². The number of carbonyl (C=O) groups is 2. The summed E-state index contributed by atoms with van der Waals surface area (Å²) in [6.07, 6.45) is 4.71. The first-order valence-electron chi connectivity index (χ1n) is 7.05. The molecule has 1 fully saturated rings. The average Bonchev–Trinajstić information content (AvgIpc) is 2.95. The van der Waals surface area contributed by atoms with Gasteiger partial charge in [0.05, 0.1) is 0 Å². The summed E-state index contributed by atoms with van der Waals surface area (Å²) in [6.45, 7) is 10.6. The minimum Gasteiger partial charge on any atom is -0.271 e. The van der Waals surface area contributed by atoms with Crippen LogP contribution in [-0.4, -0.2) is 23.3 Å². The first-order valence-corrected chi connectivity index (χ1v) is 7.05. The fourth-order valence-corrected chi connectivity index (χ4v) is 4.31. The Morgan fingerprint density at radius 2 is 2.05 bits per heavy atom. The Hall–Kier alpha value is -1.38. The van der Waals surface area contributed by atoms with Crippen molar-refractivity contribution in [3.63, 3.8) is 0 Å². The molecule has 0 N–H and O–H groups in total. The van der Waals surface area contributed by atoms with Gasteiger partial charge in [-0.1, -0.05) is 26.8 Å². The van der Waals surface area contributed by atoms with E-state index < -0.39 is 0 Å². The van der Waals surface area contributed by atoms with Crippen molar-refractivity contribution in [2.24, 2.45) is 16.7 Å². The molecule has 2 bridgehead atoms. The number of carbonyl (C=O) groups excluding carboxylic acids is 2. The first kappa shape index (κ1) is 12.6. The monoisotopic (exact) mass is 259 g/mol. The molecule has 0 aromatic carbocycles. The van der Waals surface area contributed by atoms with E-state index in [-0.39, 0.29) is 22.6 Å². The van der Waals surface area contributed by atoms with Crippen molar-refractivity contribution in [3.8, 4) is 0 Å². The zero-order valence-corrected chi connectivity index (χ0v) is 12.0. The molecule has 3 aliphatic rings. The summed E-state index contributed by atoms with van der Waals surface area (Å²) in [4.78, 5) is 26.4. The van der Waals surface area contributed by atoms with Gasteiger partial charge in [-0.05, 0) is 30.6 Å². The number of hydrogen-bond donors (Lipinski definition) is 0. The van der Waals surface area contributed by atoms with Crippen molar-refractivity contribution < 1.29 is 9.59 Å². The molecule has 0 radical (unpaired) electrons. The van der Waals surface area contributed by atoms with Gasteiger partial charge >= 0.3 is 0 Å². The van der Waals surface area contributed by atoms with Gasteiger partial charge in [0.25, 0.3) is 11.8 Å². The van der Waals surface area contributed by atoms with Crippen LogP contribution in [0.1, 0.15) is 40.0 Å². The number of rotatable bonds is 2. The lowest BCUT2D eigenvalue weighted by Gasteiger charge is -2.41. The van der Waals surface area contributed by atoms with Crippen molar-refractivity contribution in [2.75, 3.05) is 6.54 Å². The third kappa shape index (κ3) is 1.33. The highest BCUT2D eigenvalue weighted by Crippen LogP contribution is 2.66. The lowest BCUT2D eigenvalue weighted by Crippen LogP contribution is -2.40. The van der Waals surface area contributed by atoms with E-state index in [4.69, 9.17) is 0 Å². The van der Waals surface area contributed by atoms with Crippen LogP contribution in [0.3, 0.4) is 0 Å². The smallest absolute Gasteiger partial charge is 0.258 e. The fraction of sp³-hybridized carbons (Fsp3) is 0.625. The van der Waals surface area contributed by atoms with E-state index in [0.717, 1.165) is 30.4 Å². The average molecular weight is 259 g/mol.